The summed E-state index contributed by atoms with van der Waals surface area (Å²) in [4.78, 5) is 27.2. The number of carbonyl (C=O) groups is 2. The number of nitrogens with one attached hydrogen (secondary N) is 2. The number of rotatable bonds is 7. The van der Waals surface area contributed by atoms with Crippen molar-refractivity contribution >= 4 is 11.8 Å². The van der Waals surface area contributed by atoms with Gasteiger partial charge in [0.1, 0.15) is 11.8 Å². The van der Waals surface area contributed by atoms with E-state index in [9.17, 15) is 9.59 Å². The Labute approximate surface area is 171 Å². The number of piperidine rings is 1. The topological polar surface area (TPSA) is 88.5 Å². The number of aromatic nitrogens is 2. The number of carbonyl (C=O) groups excluding carboxylic acids is 2. The third-order valence-corrected chi connectivity index (χ3v) is 5.34. The molecule has 2 aromatic rings. The molecule has 1 atom stereocenters. The molecular formula is C21H29N5O3. The van der Waals surface area contributed by atoms with E-state index in [2.05, 4.69) is 15.7 Å². The van der Waals surface area contributed by atoms with Crippen LogP contribution in [0.5, 0.6) is 5.75 Å². The van der Waals surface area contributed by atoms with Crippen LogP contribution in [0.15, 0.2) is 36.7 Å². The molecule has 2 heterocycles. The maximum absolute atomic E-state index is 12.7. The molecular weight excluding hydrogens is 370 g/mol. The third-order valence-electron chi connectivity index (χ3n) is 5.34. The number of likely N-dealkylation sites (tertiary alicyclic amines) is 1. The zero-order valence-electron chi connectivity index (χ0n) is 17.2. The molecule has 156 valence electrons. The Morgan fingerprint density at radius 2 is 2.00 bits per heavy atom. The standard InChI is InChI=1S/C21H29N5O3/c1-22-20(16-13-23-25(2)14-16)21(28)24-17-8-10-26(11-9-17)19(27)12-15-6-4-5-7-18(15)29-3/h4-7,13-14,17,20,22H,8-12H2,1-3H3,(H,24,28). The summed E-state index contributed by atoms with van der Waals surface area (Å²) in [6.45, 7) is 1.27. The molecule has 1 saturated heterocycles. The lowest BCUT2D eigenvalue weighted by Gasteiger charge is -2.33. The van der Waals surface area contributed by atoms with Gasteiger partial charge in [0, 0.05) is 43.5 Å². The van der Waals surface area contributed by atoms with E-state index >= 15 is 0 Å². The van der Waals surface area contributed by atoms with Gasteiger partial charge in [0.2, 0.25) is 11.8 Å². The molecule has 0 saturated carbocycles. The Balaban J connectivity index is 1.51. The molecule has 3 rings (SSSR count). The molecule has 1 fully saturated rings. The normalized spacial score (nSPS) is 15.8. The molecule has 0 spiro atoms. The number of likely N-dealkylation sites (N-methyl/N-ethyl adjacent to an activating group) is 1. The SMILES string of the molecule is CNC(C(=O)NC1CCN(C(=O)Cc2ccccc2OC)CC1)c1cnn(C)c1. The number of benzene rings is 1. The van der Waals surface area contributed by atoms with E-state index in [0.717, 1.165) is 29.7 Å². The van der Waals surface area contributed by atoms with Crippen LogP contribution in [0.1, 0.15) is 30.0 Å². The molecule has 8 heteroatoms. The zero-order chi connectivity index (χ0) is 20.8. The first-order valence-corrected chi connectivity index (χ1v) is 9.87. The molecule has 1 aromatic heterocycles. The van der Waals surface area contributed by atoms with Gasteiger partial charge in [0.25, 0.3) is 0 Å². The summed E-state index contributed by atoms with van der Waals surface area (Å²) in [5.41, 5.74) is 1.72. The largest absolute Gasteiger partial charge is 0.496 e. The van der Waals surface area contributed by atoms with Crippen molar-refractivity contribution in [3.63, 3.8) is 0 Å². The molecule has 1 aliphatic rings. The average molecular weight is 399 g/mol. The minimum absolute atomic E-state index is 0.0605. The predicted octanol–water partition coefficient (Wildman–Crippen LogP) is 1.04. The van der Waals surface area contributed by atoms with Gasteiger partial charge in [-0.25, -0.2) is 0 Å². The van der Waals surface area contributed by atoms with Crippen LogP contribution in [-0.2, 0) is 23.1 Å². The Bertz CT molecular complexity index is 842. The molecule has 0 aliphatic carbocycles. The molecule has 0 radical (unpaired) electrons. The van der Waals surface area contributed by atoms with E-state index in [1.54, 1.807) is 25.0 Å². The van der Waals surface area contributed by atoms with Gasteiger partial charge in [-0.05, 0) is 26.0 Å². The number of amides is 2. The molecule has 29 heavy (non-hydrogen) atoms. The number of methoxy groups -OCH3 is 1. The van der Waals surface area contributed by atoms with E-state index in [-0.39, 0.29) is 17.9 Å². The van der Waals surface area contributed by atoms with E-state index < -0.39 is 6.04 Å². The first-order valence-electron chi connectivity index (χ1n) is 9.87. The van der Waals surface area contributed by atoms with Gasteiger partial charge in [-0.2, -0.15) is 5.10 Å². The van der Waals surface area contributed by atoms with E-state index in [0.29, 0.717) is 19.5 Å². The van der Waals surface area contributed by atoms with E-state index in [4.69, 9.17) is 4.74 Å². The van der Waals surface area contributed by atoms with Crippen molar-refractivity contribution in [2.24, 2.45) is 7.05 Å². The predicted molar refractivity (Wildman–Crippen MR) is 109 cm³/mol. The Morgan fingerprint density at radius 1 is 1.28 bits per heavy atom. The average Bonchev–Trinajstić information content (AvgIpc) is 3.15. The van der Waals surface area contributed by atoms with E-state index in [1.807, 2.05) is 42.4 Å². The molecule has 1 unspecified atom stereocenters. The summed E-state index contributed by atoms with van der Waals surface area (Å²) in [6.07, 6.45) is 5.34. The second-order valence-electron chi connectivity index (χ2n) is 7.32. The van der Waals surface area contributed by atoms with Gasteiger partial charge in [-0.3, -0.25) is 14.3 Å². The lowest BCUT2D eigenvalue weighted by molar-refractivity contribution is -0.131. The summed E-state index contributed by atoms with van der Waals surface area (Å²) in [5.74, 6) is 0.749. The van der Waals surface area contributed by atoms with Crippen molar-refractivity contribution in [1.29, 1.82) is 0 Å². The minimum Gasteiger partial charge on any atom is -0.496 e. The molecule has 0 bridgehead atoms. The number of ether oxygens (including phenoxy) is 1. The number of hydrogen-bond acceptors (Lipinski definition) is 5. The highest BCUT2D eigenvalue weighted by molar-refractivity contribution is 5.83. The smallest absolute Gasteiger partial charge is 0.242 e. The zero-order valence-corrected chi connectivity index (χ0v) is 17.2. The first-order chi connectivity index (χ1) is 14.0. The second kappa shape index (κ2) is 9.56. The lowest BCUT2D eigenvalue weighted by atomic mass is 10.0. The van der Waals surface area contributed by atoms with Crippen molar-refractivity contribution < 1.29 is 14.3 Å². The van der Waals surface area contributed by atoms with Crippen LogP contribution in [-0.4, -0.2) is 59.8 Å². The number of nitrogens with zero attached hydrogens (tertiary/aromatic N) is 3. The number of aryl methyl sites for hydroxylation is 1. The van der Waals surface area contributed by atoms with Crippen molar-refractivity contribution in [2.75, 3.05) is 27.2 Å². The fraction of sp³-hybridized carbons (Fsp3) is 0.476. The first kappa shape index (κ1) is 20.9. The monoisotopic (exact) mass is 399 g/mol. The fourth-order valence-corrected chi connectivity index (χ4v) is 3.72. The van der Waals surface area contributed by atoms with Crippen LogP contribution in [0.25, 0.3) is 0 Å². The Kier molecular flexibility index (Phi) is 6.87. The van der Waals surface area contributed by atoms with Gasteiger partial charge in [-0.15, -0.1) is 0 Å². The summed E-state index contributed by atoms with van der Waals surface area (Å²) < 4.78 is 7.01. The van der Waals surface area contributed by atoms with Gasteiger partial charge >= 0.3 is 0 Å². The fourth-order valence-electron chi connectivity index (χ4n) is 3.72. The highest BCUT2D eigenvalue weighted by Crippen LogP contribution is 2.20. The van der Waals surface area contributed by atoms with Crippen molar-refractivity contribution in [3.8, 4) is 5.75 Å². The van der Waals surface area contributed by atoms with E-state index in [1.165, 1.54) is 0 Å². The minimum atomic E-state index is -0.436. The molecule has 2 N–H and O–H groups in total. The van der Waals surface area contributed by atoms with Crippen LogP contribution in [0, 0.1) is 0 Å². The second-order valence-corrected chi connectivity index (χ2v) is 7.32. The van der Waals surface area contributed by atoms with Crippen molar-refractivity contribution in [3.05, 3.63) is 47.8 Å². The molecule has 1 aliphatic heterocycles. The summed E-state index contributed by atoms with van der Waals surface area (Å²) in [6, 6.07) is 7.21. The van der Waals surface area contributed by atoms with Crippen molar-refractivity contribution in [1.82, 2.24) is 25.3 Å². The molecule has 2 amide bonds. The van der Waals surface area contributed by atoms with Crippen LogP contribution in [0.2, 0.25) is 0 Å². The quantitative estimate of drug-likeness (QED) is 0.726. The Hall–Kier alpha value is -2.87. The highest BCUT2D eigenvalue weighted by Gasteiger charge is 2.27. The highest BCUT2D eigenvalue weighted by atomic mass is 16.5. The summed E-state index contributed by atoms with van der Waals surface area (Å²) >= 11 is 0. The van der Waals surface area contributed by atoms with Gasteiger partial charge in [-0.1, -0.05) is 18.2 Å². The van der Waals surface area contributed by atoms with Crippen LogP contribution in [0.4, 0.5) is 0 Å². The van der Waals surface area contributed by atoms with Crippen LogP contribution in [0.3, 0.4) is 0 Å². The maximum atomic E-state index is 12.7. The number of hydrogen-bond donors (Lipinski definition) is 2. The molecule has 8 nitrogen and oxygen atoms in total. The lowest BCUT2D eigenvalue weighted by Crippen LogP contribution is -2.49. The summed E-state index contributed by atoms with van der Waals surface area (Å²) in [7, 11) is 5.20. The van der Waals surface area contributed by atoms with Crippen LogP contribution < -0.4 is 15.4 Å². The van der Waals surface area contributed by atoms with Gasteiger partial charge in [0.15, 0.2) is 0 Å². The van der Waals surface area contributed by atoms with Crippen molar-refractivity contribution in [2.45, 2.75) is 31.3 Å². The summed E-state index contributed by atoms with van der Waals surface area (Å²) in [5, 5.41) is 10.3. The maximum Gasteiger partial charge on any atom is 0.242 e. The Morgan fingerprint density at radius 3 is 2.62 bits per heavy atom. The van der Waals surface area contributed by atoms with Gasteiger partial charge in [0.05, 0.1) is 19.7 Å². The van der Waals surface area contributed by atoms with Gasteiger partial charge < -0.3 is 20.3 Å². The third kappa shape index (κ3) is 5.14. The van der Waals surface area contributed by atoms with Crippen LogP contribution >= 0.6 is 0 Å². The molecule has 1 aromatic carbocycles. The number of para-hydroxylation sites is 1.